The highest BCUT2D eigenvalue weighted by molar-refractivity contribution is 9.10. The van der Waals surface area contributed by atoms with Crippen LogP contribution in [0.1, 0.15) is 11.1 Å². The van der Waals surface area contributed by atoms with Gasteiger partial charge in [0.2, 0.25) is 5.91 Å². The molecule has 1 amide bonds. The molecule has 104 valence electrons. The van der Waals surface area contributed by atoms with Gasteiger partial charge in [-0.05, 0) is 41.8 Å². The van der Waals surface area contributed by atoms with Crippen molar-refractivity contribution in [2.24, 2.45) is 0 Å². The van der Waals surface area contributed by atoms with Crippen molar-refractivity contribution in [2.75, 3.05) is 10.6 Å². The molecule has 2 aromatic carbocycles. The molecule has 0 atom stereocenters. The topological polar surface area (TPSA) is 29.1 Å². The van der Waals surface area contributed by atoms with E-state index in [0.29, 0.717) is 6.42 Å². The maximum Gasteiger partial charge on any atom is 0.228 e. The molecule has 0 heterocycles. The molecule has 20 heavy (non-hydrogen) atoms. The molecule has 2 nitrogen and oxygen atoms in total. The van der Waals surface area contributed by atoms with Crippen LogP contribution < -0.4 is 5.32 Å². The highest BCUT2D eigenvalue weighted by atomic mass is 79.9. The number of alkyl halides is 1. The van der Waals surface area contributed by atoms with Crippen LogP contribution in [0.15, 0.2) is 53.0 Å². The Morgan fingerprint density at radius 1 is 0.950 bits per heavy atom. The Labute approximate surface area is 135 Å². The lowest BCUT2D eigenvalue weighted by atomic mass is 10.1. The van der Waals surface area contributed by atoms with Crippen LogP contribution >= 0.6 is 31.9 Å². The summed E-state index contributed by atoms with van der Waals surface area (Å²) < 4.78 is 1.02. The molecule has 0 aliphatic rings. The van der Waals surface area contributed by atoms with Crippen molar-refractivity contribution in [3.05, 3.63) is 64.1 Å². The molecular formula is C16H15Br2NO. The zero-order valence-electron chi connectivity index (χ0n) is 10.9. The predicted molar refractivity (Wildman–Crippen MR) is 90.4 cm³/mol. The Kier molecular flexibility index (Phi) is 5.80. The van der Waals surface area contributed by atoms with Crippen LogP contribution in [0.5, 0.6) is 0 Å². The number of hydrogen-bond acceptors (Lipinski definition) is 1. The van der Waals surface area contributed by atoms with Gasteiger partial charge in [0, 0.05) is 15.5 Å². The second kappa shape index (κ2) is 7.60. The van der Waals surface area contributed by atoms with E-state index in [1.807, 2.05) is 48.5 Å². The quantitative estimate of drug-likeness (QED) is 0.737. The number of carbonyl (C=O) groups is 1. The third-order valence-electron chi connectivity index (χ3n) is 2.90. The molecule has 0 unspecified atom stereocenters. The molecule has 0 radical (unpaired) electrons. The molecule has 0 aliphatic carbocycles. The van der Waals surface area contributed by atoms with E-state index in [2.05, 4.69) is 37.2 Å². The molecular weight excluding hydrogens is 382 g/mol. The highest BCUT2D eigenvalue weighted by Gasteiger charge is 2.04. The fourth-order valence-electron chi connectivity index (χ4n) is 1.86. The van der Waals surface area contributed by atoms with E-state index >= 15 is 0 Å². The Balaban J connectivity index is 1.92. The van der Waals surface area contributed by atoms with Crippen molar-refractivity contribution in [2.45, 2.75) is 12.8 Å². The first-order valence-corrected chi connectivity index (χ1v) is 8.28. The van der Waals surface area contributed by atoms with Crippen molar-refractivity contribution in [3.8, 4) is 0 Å². The lowest BCUT2D eigenvalue weighted by Gasteiger charge is -2.06. The van der Waals surface area contributed by atoms with E-state index in [1.165, 1.54) is 5.56 Å². The summed E-state index contributed by atoms with van der Waals surface area (Å²) in [5, 5.41) is 3.86. The fourth-order valence-corrected chi connectivity index (χ4v) is 2.58. The number of nitrogens with one attached hydrogen (secondary N) is 1. The average Bonchev–Trinajstić information content (AvgIpc) is 2.44. The molecule has 0 fully saturated rings. The molecule has 0 saturated carbocycles. The van der Waals surface area contributed by atoms with Crippen molar-refractivity contribution in [1.82, 2.24) is 0 Å². The largest absolute Gasteiger partial charge is 0.326 e. The number of benzene rings is 2. The number of anilines is 1. The number of halogens is 2. The van der Waals surface area contributed by atoms with Gasteiger partial charge in [-0.25, -0.2) is 0 Å². The Morgan fingerprint density at radius 2 is 1.55 bits per heavy atom. The van der Waals surface area contributed by atoms with Gasteiger partial charge in [-0.1, -0.05) is 56.1 Å². The Bertz CT molecular complexity index is 564. The van der Waals surface area contributed by atoms with E-state index in [9.17, 15) is 4.79 Å². The van der Waals surface area contributed by atoms with Crippen LogP contribution in [-0.2, 0) is 17.6 Å². The van der Waals surface area contributed by atoms with E-state index in [0.717, 1.165) is 27.5 Å². The number of rotatable bonds is 5. The molecule has 1 N–H and O–H groups in total. The van der Waals surface area contributed by atoms with Gasteiger partial charge in [0.1, 0.15) is 0 Å². The average molecular weight is 397 g/mol. The summed E-state index contributed by atoms with van der Waals surface area (Å²) >= 11 is 6.79. The monoisotopic (exact) mass is 395 g/mol. The van der Waals surface area contributed by atoms with Gasteiger partial charge in [-0.15, -0.1) is 0 Å². The number of aryl methyl sites for hydroxylation is 1. The minimum atomic E-state index is 0.000522. The summed E-state index contributed by atoms with van der Waals surface area (Å²) in [6, 6.07) is 15.7. The van der Waals surface area contributed by atoms with Gasteiger partial charge in [0.05, 0.1) is 6.42 Å². The first kappa shape index (κ1) is 15.3. The summed E-state index contributed by atoms with van der Waals surface area (Å²) in [7, 11) is 0. The van der Waals surface area contributed by atoms with Gasteiger partial charge in [0.15, 0.2) is 0 Å². The van der Waals surface area contributed by atoms with Crippen LogP contribution in [0.4, 0.5) is 5.69 Å². The molecule has 0 aliphatic heterocycles. The number of carbonyl (C=O) groups excluding carboxylic acids is 1. The van der Waals surface area contributed by atoms with Crippen LogP contribution in [0.2, 0.25) is 0 Å². The molecule has 0 aromatic heterocycles. The Hall–Kier alpha value is -1.13. The van der Waals surface area contributed by atoms with E-state index in [4.69, 9.17) is 0 Å². The van der Waals surface area contributed by atoms with Crippen molar-refractivity contribution in [1.29, 1.82) is 0 Å². The zero-order chi connectivity index (χ0) is 14.4. The number of hydrogen-bond donors (Lipinski definition) is 1. The lowest BCUT2D eigenvalue weighted by Crippen LogP contribution is -2.14. The van der Waals surface area contributed by atoms with Crippen molar-refractivity contribution >= 4 is 43.5 Å². The normalized spacial score (nSPS) is 10.3. The second-order valence-electron chi connectivity index (χ2n) is 4.49. The van der Waals surface area contributed by atoms with Gasteiger partial charge < -0.3 is 5.32 Å². The van der Waals surface area contributed by atoms with Gasteiger partial charge in [-0.2, -0.15) is 0 Å². The summed E-state index contributed by atoms with van der Waals surface area (Å²) in [6.45, 7) is 0. The molecule has 0 saturated heterocycles. The summed E-state index contributed by atoms with van der Waals surface area (Å²) in [5.74, 6) is 0.000522. The van der Waals surface area contributed by atoms with E-state index < -0.39 is 0 Å². The highest BCUT2D eigenvalue weighted by Crippen LogP contribution is 2.13. The first-order chi connectivity index (χ1) is 9.67. The first-order valence-electron chi connectivity index (χ1n) is 6.36. The molecule has 0 bridgehead atoms. The van der Waals surface area contributed by atoms with Gasteiger partial charge in [0.25, 0.3) is 0 Å². The van der Waals surface area contributed by atoms with Gasteiger partial charge in [-0.3, -0.25) is 4.79 Å². The molecule has 0 spiro atoms. The molecule has 2 rings (SSSR count). The standard InChI is InChI=1S/C16H15Br2NO/c17-10-9-12-3-7-15(8-4-12)19-16(20)11-13-1-5-14(18)6-2-13/h1-8H,9-11H2,(H,19,20). The lowest BCUT2D eigenvalue weighted by molar-refractivity contribution is -0.115. The van der Waals surface area contributed by atoms with Crippen LogP contribution in [-0.4, -0.2) is 11.2 Å². The third kappa shape index (κ3) is 4.76. The summed E-state index contributed by atoms with van der Waals surface area (Å²) in [6.07, 6.45) is 1.38. The maximum absolute atomic E-state index is 11.9. The molecule has 4 heteroatoms. The van der Waals surface area contributed by atoms with Gasteiger partial charge >= 0.3 is 0 Å². The smallest absolute Gasteiger partial charge is 0.228 e. The third-order valence-corrected chi connectivity index (χ3v) is 3.82. The minimum absolute atomic E-state index is 0.000522. The summed E-state index contributed by atoms with van der Waals surface area (Å²) in [4.78, 5) is 11.9. The Morgan fingerprint density at radius 3 is 2.15 bits per heavy atom. The second-order valence-corrected chi connectivity index (χ2v) is 6.20. The van der Waals surface area contributed by atoms with Crippen LogP contribution in [0.3, 0.4) is 0 Å². The predicted octanol–water partition coefficient (Wildman–Crippen LogP) is 4.57. The van der Waals surface area contributed by atoms with Crippen molar-refractivity contribution in [3.63, 3.8) is 0 Å². The number of amides is 1. The SMILES string of the molecule is O=C(Cc1ccc(Br)cc1)Nc1ccc(CCBr)cc1. The van der Waals surface area contributed by atoms with Crippen LogP contribution in [0.25, 0.3) is 0 Å². The maximum atomic E-state index is 11.9. The van der Waals surface area contributed by atoms with Crippen molar-refractivity contribution < 1.29 is 4.79 Å². The van der Waals surface area contributed by atoms with Crippen LogP contribution in [0, 0.1) is 0 Å². The van der Waals surface area contributed by atoms with E-state index in [1.54, 1.807) is 0 Å². The minimum Gasteiger partial charge on any atom is -0.326 e. The zero-order valence-corrected chi connectivity index (χ0v) is 14.1. The fraction of sp³-hybridized carbons (Fsp3) is 0.188. The summed E-state index contributed by atoms with van der Waals surface area (Å²) in [5.41, 5.74) is 3.10. The molecule has 2 aromatic rings. The van der Waals surface area contributed by atoms with E-state index in [-0.39, 0.29) is 5.91 Å².